The summed E-state index contributed by atoms with van der Waals surface area (Å²) in [5.41, 5.74) is 6.20. The smallest absolute Gasteiger partial charge is 0.295 e. The van der Waals surface area contributed by atoms with Gasteiger partial charge in [-0.15, -0.1) is 0 Å². The normalized spacial score (nSPS) is 23.5. The third kappa shape index (κ3) is 2.87. The van der Waals surface area contributed by atoms with Crippen LogP contribution in [0, 0.1) is 21.8 Å². The molecule has 0 saturated carbocycles. The minimum absolute atomic E-state index is 0.0304. The van der Waals surface area contributed by atoms with Crippen LogP contribution < -0.4 is 10.6 Å². The molecular formula is C12H15BrFN3O2. The summed E-state index contributed by atoms with van der Waals surface area (Å²) < 4.78 is 13.7. The molecule has 7 heteroatoms. The maximum absolute atomic E-state index is 13.4. The molecule has 2 atom stereocenters. The van der Waals surface area contributed by atoms with Crippen molar-refractivity contribution >= 4 is 27.3 Å². The largest absolute Gasteiger partial charge is 0.364 e. The predicted molar refractivity (Wildman–Crippen MR) is 74.7 cm³/mol. The zero-order valence-corrected chi connectivity index (χ0v) is 12.1. The molecule has 1 heterocycles. The van der Waals surface area contributed by atoms with Gasteiger partial charge >= 0.3 is 0 Å². The second-order valence-corrected chi connectivity index (χ2v) is 5.74. The quantitative estimate of drug-likeness (QED) is 0.668. The second-order valence-electron chi connectivity index (χ2n) is 4.89. The fourth-order valence-electron chi connectivity index (χ4n) is 2.24. The first-order valence-corrected chi connectivity index (χ1v) is 6.83. The minimum Gasteiger partial charge on any atom is -0.364 e. The van der Waals surface area contributed by atoms with Crippen molar-refractivity contribution in [3.05, 3.63) is 32.5 Å². The Labute approximate surface area is 118 Å². The molecule has 0 bridgehead atoms. The van der Waals surface area contributed by atoms with Gasteiger partial charge in [0.15, 0.2) is 0 Å². The molecule has 0 radical (unpaired) electrons. The highest BCUT2D eigenvalue weighted by atomic mass is 79.9. The van der Waals surface area contributed by atoms with Crippen LogP contribution in [-0.4, -0.2) is 24.1 Å². The Morgan fingerprint density at radius 3 is 2.84 bits per heavy atom. The number of nitro benzene ring substituents is 1. The van der Waals surface area contributed by atoms with Crippen molar-refractivity contribution in [3.63, 3.8) is 0 Å². The topological polar surface area (TPSA) is 72.4 Å². The molecule has 0 spiro atoms. The van der Waals surface area contributed by atoms with Crippen LogP contribution in [-0.2, 0) is 0 Å². The number of benzene rings is 1. The van der Waals surface area contributed by atoms with Crippen molar-refractivity contribution in [3.8, 4) is 0 Å². The van der Waals surface area contributed by atoms with Crippen molar-refractivity contribution in [2.75, 3.05) is 18.0 Å². The summed E-state index contributed by atoms with van der Waals surface area (Å²) in [7, 11) is 0. The third-order valence-corrected chi connectivity index (χ3v) is 4.18. The Morgan fingerprint density at radius 1 is 1.58 bits per heavy atom. The SMILES string of the molecule is CC1CCN(c2cc(Br)c(F)cc2[N+](=O)[O-])CC1N. The van der Waals surface area contributed by atoms with Gasteiger partial charge in [0.25, 0.3) is 5.69 Å². The highest BCUT2D eigenvalue weighted by Crippen LogP contribution is 2.35. The molecule has 1 aromatic rings. The van der Waals surface area contributed by atoms with Crippen molar-refractivity contribution in [1.82, 2.24) is 0 Å². The maximum Gasteiger partial charge on any atom is 0.295 e. The van der Waals surface area contributed by atoms with Gasteiger partial charge in [-0.25, -0.2) is 4.39 Å². The van der Waals surface area contributed by atoms with E-state index in [1.807, 2.05) is 4.90 Å². The fraction of sp³-hybridized carbons (Fsp3) is 0.500. The summed E-state index contributed by atoms with van der Waals surface area (Å²) in [6, 6.07) is 2.37. The van der Waals surface area contributed by atoms with Crippen LogP contribution in [0.5, 0.6) is 0 Å². The Bertz CT molecular complexity index is 512. The number of halogens is 2. The van der Waals surface area contributed by atoms with Gasteiger partial charge in [0.2, 0.25) is 0 Å². The summed E-state index contributed by atoms with van der Waals surface area (Å²) in [5.74, 6) is -0.246. The van der Waals surface area contributed by atoms with Crippen LogP contribution in [0.1, 0.15) is 13.3 Å². The van der Waals surface area contributed by atoms with Crippen LogP contribution in [0.25, 0.3) is 0 Å². The van der Waals surface area contributed by atoms with Crippen LogP contribution in [0.15, 0.2) is 16.6 Å². The monoisotopic (exact) mass is 331 g/mol. The van der Waals surface area contributed by atoms with Gasteiger partial charge in [-0.3, -0.25) is 10.1 Å². The van der Waals surface area contributed by atoms with Crippen molar-refractivity contribution in [2.45, 2.75) is 19.4 Å². The molecule has 0 aliphatic carbocycles. The average Bonchev–Trinajstić information content (AvgIpc) is 2.35. The molecule has 2 N–H and O–H groups in total. The van der Waals surface area contributed by atoms with E-state index in [1.54, 1.807) is 0 Å². The summed E-state index contributed by atoms with van der Waals surface area (Å²) in [6.45, 7) is 3.30. The van der Waals surface area contributed by atoms with Crippen molar-refractivity contribution < 1.29 is 9.31 Å². The molecule has 1 fully saturated rings. The number of hydrogen-bond acceptors (Lipinski definition) is 4. The molecule has 104 valence electrons. The minimum atomic E-state index is -0.634. The molecule has 1 aliphatic heterocycles. The lowest BCUT2D eigenvalue weighted by Gasteiger charge is -2.36. The predicted octanol–water partition coefficient (Wildman–Crippen LogP) is 2.67. The van der Waals surface area contributed by atoms with E-state index in [0.717, 1.165) is 12.5 Å². The number of anilines is 1. The molecule has 19 heavy (non-hydrogen) atoms. The zero-order valence-electron chi connectivity index (χ0n) is 10.5. The van der Waals surface area contributed by atoms with Crippen LogP contribution in [0.3, 0.4) is 0 Å². The lowest BCUT2D eigenvalue weighted by molar-refractivity contribution is -0.384. The Morgan fingerprint density at radius 2 is 2.26 bits per heavy atom. The summed E-state index contributed by atoms with van der Waals surface area (Å²) in [5, 5.41) is 11.0. The number of nitrogens with two attached hydrogens (primary N) is 1. The Hall–Kier alpha value is -1.21. The second kappa shape index (κ2) is 5.42. The van der Waals surface area contributed by atoms with Gasteiger partial charge in [0.1, 0.15) is 11.5 Å². The number of nitro groups is 1. The van der Waals surface area contributed by atoms with E-state index in [0.29, 0.717) is 24.7 Å². The number of hydrogen-bond donors (Lipinski definition) is 1. The van der Waals surface area contributed by atoms with E-state index in [-0.39, 0.29) is 16.2 Å². The number of rotatable bonds is 2. The molecule has 1 aliphatic rings. The van der Waals surface area contributed by atoms with Crippen molar-refractivity contribution in [2.24, 2.45) is 11.7 Å². The Balaban J connectivity index is 2.38. The van der Waals surface area contributed by atoms with Crippen LogP contribution >= 0.6 is 15.9 Å². The molecule has 1 saturated heterocycles. The van der Waals surface area contributed by atoms with Crippen LogP contribution in [0.4, 0.5) is 15.8 Å². The highest BCUT2D eigenvalue weighted by molar-refractivity contribution is 9.10. The molecule has 0 amide bonds. The molecule has 2 unspecified atom stereocenters. The standard InChI is InChI=1S/C12H15BrFN3O2/c1-7-2-3-16(6-10(7)15)11-4-8(13)9(14)5-12(11)17(18)19/h4-5,7,10H,2-3,6,15H2,1H3. The summed E-state index contributed by atoms with van der Waals surface area (Å²) in [6.07, 6.45) is 0.868. The van der Waals surface area contributed by atoms with E-state index in [2.05, 4.69) is 22.9 Å². The van der Waals surface area contributed by atoms with Gasteiger partial charge < -0.3 is 10.6 Å². The van der Waals surface area contributed by atoms with Crippen LogP contribution in [0.2, 0.25) is 0 Å². The summed E-state index contributed by atoms with van der Waals surface area (Å²) >= 11 is 3.07. The van der Waals surface area contributed by atoms with Gasteiger partial charge in [-0.1, -0.05) is 6.92 Å². The first-order valence-electron chi connectivity index (χ1n) is 6.04. The van der Waals surface area contributed by atoms with E-state index in [1.165, 1.54) is 6.07 Å². The van der Waals surface area contributed by atoms with E-state index >= 15 is 0 Å². The Kier molecular flexibility index (Phi) is 4.05. The van der Waals surface area contributed by atoms with E-state index in [4.69, 9.17) is 5.73 Å². The summed E-state index contributed by atoms with van der Waals surface area (Å²) in [4.78, 5) is 12.3. The molecule has 1 aromatic carbocycles. The molecule has 2 rings (SSSR count). The average molecular weight is 332 g/mol. The molecule has 5 nitrogen and oxygen atoms in total. The van der Waals surface area contributed by atoms with Gasteiger partial charge in [0, 0.05) is 19.1 Å². The lowest BCUT2D eigenvalue weighted by Crippen LogP contribution is -2.47. The maximum atomic E-state index is 13.4. The molecule has 0 aromatic heterocycles. The van der Waals surface area contributed by atoms with Crippen molar-refractivity contribution in [1.29, 1.82) is 0 Å². The fourth-order valence-corrected chi connectivity index (χ4v) is 2.57. The number of nitrogens with zero attached hydrogens (tertiary/aromatic N) is 2. The number of piperidine rings is 1. The van der Waals surface area contributed by atoms with Gasteiger partial charge in [0.05, 0.1) is 15.5 Å². The zero-order chi connectivity index (χ0) is 14.2. The lowest BCUT2D eigenvalue weighted by atomic mass is 9.94. The van der Waals surface area contributed by atoms with Gasteiger partial charge in [-0.2, -0.15) is 0 Å². The first kappa shape index (κ1) is 14.2. The highest BCUT2D eigenvalue weighted by Gasteiger charge is 2.28. The molecular weight excluding hydrogens is 317 g/mol. The third-order valence-electron chi connectivity index (χ3n) is 3.57. The van der Waals surface area contributed by atoms with Gasteiger partial charge in [-0.05, 0) is 34.3 Å². The van der Waals surface area contributed by atoms with E-state index in [9.17, 15) is 14.5 Å². The first-order chi connectivity index (χ1) is 8.90. The van der Waals surface area contributed by atoms with E-state index < -0.39 is 10.7 Å².